The fourth-order valence-electron chi connectivity index (χ4n) is 2.22. The Hall–Kier alpha value is -1.20. The highest BCUT2D eigenvalue weighted by atomic mass is 79.9. The number of halogens is 1. The van der Waals surface area contributed by atoms with Crippen LogP contribution in [-0.4, -0.2) is 30.3 Å². The lowest BCUT2D eigenvalue weighted by atomic mass is 10.1. The lowest BCUT2D eigenvalue weighted by Gasteiger charge is -2.22. The van der Waals surface area contributed by atoms with Gasteiger partial charge in [0.2, 0.25) is 0 Å². The number of amides is 1. The summed E-state index contributed by atoms with van der Waals surface area (Å²) in [5.41, 5.74) is 1.26. The van der Waals surface area contributed by atoms with E-state index in [2.05, 4.69) is 42.0 Å². The number of rotatable bonds is 4. The number of ketones is 1. The van der Waals surface area contributed by atoms with Crippen LogP contribution in [0.5, 0.6) is 0 Å². The molecule has 0 unspecified atom stereocenters. The number of hydrogen-bond donors (Lipinski definition) is 1. The molecule has 1 aromatic rings. The predicted molar refractivity (Wildman–Crippen MR) is 83.2 cm³/mol. The molecule has 0 atom stereocenters. The molecule has 1 aliphatic rings. The smallest absolute Gasteiger partial charge is 0.299 e. The maximum absolute atomic E-state index is 12.0. The molecule has 108 valence electrons. The van der Waals surface area contributed by atoms with Gasteiger partial charge < -0.3 is 10.2 Å². The summed E-state index contributed by atoms with van der Waals surface area (Å²) in [4.78, 5) is 25.6. The van der Waals surface area contributed by atoms with Crippen LogP contribution < -0.4 is 10.2 Å². The van der Waals surface area contributed by atoms with E-state index in [0.29, 0.717) is 22.3 Å². The van der Waals surface area contributed by atoms with Crippen LogP contribution in [0.4, 0.5) is 5.69 Å². The average molecular weight is 339 g/mol. The lowest BCUT2D eigenvalue weighted by molar-refractivity contribution is -0.114. The first-order chi connectivity index (χ1) is 9.31. The Kier molecular flexibility index (Phi) is 4.30. The van der Waals surface area contributed by atoms with Gasteiger partial charge in [-0.25, -0.2) is 0 Å². The van der Waals surface area contributed by atoms with Crippen LogP contribution in [0.25, 0.3) is 0 Å². The summed E-state index contributed by atoms with van der Waals surface area (Å²) in [5.74, 6) is -0.848. The third-order valence-corrected chi connectivity index (χ3v) is 3.82. The van der Waals surface area contributed by atoms with Crippen LogP contribution in [-0.2, 0) is 4.79 Å². The van der Waals surface area contributed by atoms with E-state index >= 15 is 0 Å². The van der Waals surface area contributed by atoms with Crippen LogP contribution >= 0.6 is 15.9 Å². The molecule has 0 spiro atoms. The van der Waals surface area contributed by atoms with Crippen molar-refractivity contribution in [3.63, 3.8) is 0 Å². The predicted octanol–water partition coefficient (Wildman–Crippen LogP) is 2.76. The second-order valence-electron chi connectivity index (χ2n) is 5.95. The van der Waals surface area contributed by atoms with Gasteiger partial charge in [-0.15, -0.1) is 0 Å². The minimum absolute atomic E-state index is 0.0613. The first-order valence-electron chi connectivity index (χ1n) is 6.71. The quantitative estimate of drug-likeness (QED) is 0.678. The first kappa shape index (κ1) is 15.2. The molecule has 0 bridgehead atoms. The van der Waals surface area contributed by atoms with Gasteiger partial charge >= 0.3 is 0 Å². The molecule has 1 aliphatic heterocycles. The highest BCUT2D eigenvalue weighted by molar-refractivity contribution is 9.10. The topological polar surface area (TPSA) is 49.4 Å². The Labute approximate surface area is 127 Å². The van der Waals surface area contributed by atoms with Crippen molar-refractivity contribution in [2.45, 2.75) is 32.7 Å². The van der Waals surface area contributed by atoms with Gasteiger partial charge in [-0.3, -0.25) is 9.59 Å². The van der Waals surface area contributed by atoms with Crippen molar-refractivity contribution in [3.05, 3.63) is 28.2 Å². The summed E-state index contributed by atoms with van der Waals surface area (Å²) in [6.45, 7) is 7.67. The Morgan fingerprint density at radius 3 is 2.60 bits per heavy atom. The van der Waals surface area contributed by atoms with E-state index in [9.17, 15) is 9.59 Å². The van der Waals surface area contributed by atoms with Crippen LogP contribution in [0.3, 0.4) is 0 Å². The summed E-state index contributed by atoms with van der Waals surface area (Å²) in [5, 5.41) is 3.38. The molecule has 1 N–H and O–H groups in total. The fourth-order valence-corrected chi connectivity index (χ4v) is 2.76. The van der Waals surface area contributed by atoms with E-state index in [-0.39, 0.29) is 5.54 Å². The van der Waals surface area contributed by atoms with Crippen molar-refractivity contribution in [2.75, 3.05) is 18.0 Å². The molecule has 4 nitrogen and oxygen atoms in total. The summed E-state index contributed by atoms with van der Waals surface area (Å²) in [7, 11) is 0. The van der Waals surface area contributed by atoms with Gasteiger partial charge in [-0.2, -0.15) is 0 Å². The SMILES string of the molecule is CC(C)(C)NCCCN1C(=O)C(=O)c2c(Br)cccc21. The number of Topliss-reactive ketones (excluding diaryl/α,β-unsaturated/α-hetero) is 1. The second kappa shape index (κ2) is 5.66. The molecule has 1 amide bonds. The highest BCUT2D eigenvalue weighted by Crippen LogP contribution is 2.34. The largest absolute Gasteiger partial charge is 0.312 e. The molecule has 2 rings (SSSR count). The fraction of sp³-hybridized carbons (Fsp3) is 0.467. The van der Waals surface area contributed by atoms with Crippen molar-refractivity contribution in [2.24, 2.45) is 0 Å². The Balaban J connectivity index is 2.05. The molecule has 20 heavy (non-hydrogen) atoms. The lowest BCUT2D eigenvalue weighted by Crippen LogP contribution is -2.38. The molecule has 0 radical (unpaired) electrons. The number of carbonyl (C=O) groups excluding carboxylic acids is 2. The number of nitrogens with zero attached hydrogens (tertiary/aromatic N) is 1. The third-order valence-electron chi connectivity index (χ3n) is 3.16. The molecular weight excluding hydrogens is 320 g/mol. The molecule has 0 saturated carbocycles. The molecule has 1 heterocycles. The van der Waals surface area contributed by atoms with Gasteiger partial charge in [-0.05, 0) is 61.8 Å². The number of hydrogen-bond acceptors (Lipinski definition) is 3. The molecule has 0 aliphatic carbocycles. The normalized spacial score (nSPS) is 14.9. The van der Waals surface area contributed by atoms with E-state index in [4.69, 9.17) is 0 Å². The monoisotopic (exact) mass is 338 g/mol. The highest BCUT2D eigenvalue weighted by Gasteiger charge is 2.36. The van der Waals surface area contributed by atoms with Gasteiger partial charge in [0, 0.05) is 16.6 Å². The van der Waals surface area contributed by atoms with Crippen LogP contribution in [0.2, 0.25) is 0 Å². The van der Waals surface area contributed by atoms with Gasteiger partial charge in [0.1, 0.15) is 0 Å². The zero-order valence-electron chi connectivity index (χ0n) is 12.0. The molecule has 5 heteroatoms. The summed E-state index contributed by atoms with van der Waals surface area (Å²) < 4.78 is 0.684. The zero-order chi connectivity index (χ0) is 14.9. The number of nitrogens with one attached hydrogen (secondary N) is 1. The van der Waals surface area contributed by atoms with Gasteiger partial charge in [0.25, 0.3) is 11.7 Å². The Morgan fingerprint density at radius 1 is 1.25 bits per heavy atom. The molecule has 1 aromatic carbocycles. The molecular formula is C15H19BrN2O2. The maximum Gasteiger partial charge on any atom is 0.299 e. The standard InChI is InChI=1S/C15H19BrN2O2/c1-15(2,3)17-8-5-9-18-11-7-4-6-10(16)12(11)13(19)14(18)20/h4,6-7,17H,5,8-9H2,1-3H3. The first-order valence-corrected chi connectivity index (χ1v) is 7.50. The number of anilines is 1. The molecule has 0 fully saturated rings. The van der Waals surface area contributed by atoms with Crippen molar-refractivity contribution in [1.82, 2.24) is 5.32 Å². The number of carbonyl (C=O) groups is 2. The van der Waals surface area contributed by atoms with Crippen molar-refractivity contribution in [3.8, 4) is 0 Å². The van der Waals surface area contributed by atoms with Crippen molar-refractivity contribution in [1.29, 1.82) is 0 Å². The molecule has 0 aromatic heterocycles. The van der Waals surface area contributed by atoms with Gasteiger partial charge in [0.15, 0.2) is 0 Å². The van der Waals surface area contributed by atoms with Gasteiger partial charge in [-0.1, -0.05) is 6.07 Å². The summed E-state index contributed by atoms with van der Waals surface area (Å²) in [6, 6.07) is 5.45. The van der Waals surface area contributed by atoms with E-state index < -0.39 is 11.7 Å². The van der Waals surface area contributed by atoms with Crippen molar-refractivity contribution >= 4 is 33.3 Å². The number of benzene rings is 1. The van der Waals surface area contributed by atoms with Gasteiger partial charge in [0.05, 0.1) is 11.3 Å². The zero-order valence-corrected chi connectivity index (χ0v) is 13.6. The summed E-state index contributed by atoms with van der Waals surface area (Å²) >= 11 is 3.34. The number of fused-ring (bicyclic) bond motifs is 1. The van der Waals surface area contributed by atoms with E-state index in [0.717, 1.165) is 13.0 Å². The Morgan fingerprint density at radius 2 is 1.95 bits per heavy atom. The van der Waals surface area contributed by atoms with E-state index in [1.807, 2.05) is 12.1 Å². The second-order valence-corrected chi connectivity index (χ2v) is 6.80. The van der Waals surface area contributed by atoms with E-state index in [1.54, 1.807) is 11.0 Å². The Bertz CT molecular complexity index is 549. The van der Waals surface area contributed by atoms with Crippen LogP contribution in [0.15, 0.2) is 22.7 Å². The minimum atomic E-state index is -0.428. The third kappa shape index (κ3) is 3.10. The summed E-state index contributed by atoms with van der Waals surface area (Å²) in [6.07, 6.45) is 0.808. The minimum Gasteiger partial charge on any atom is -0.312 e. The average Bonchev–Trinajstić information content (AvgIpc) is 2.59. The van der Waals surface area contributed by atoms with Crippen LogP contribution in [0, 0.1) is 0 Å². The molecule has 0 saturated heterocycles. The van der Waals surface area contributed by atoms with E-state index in [1.165, 1.54) is 0 Å². The van der Waals surface area contributed by atoms with Crippen molar-refractivity contribution < 1.29 is 9.59 Å². The van der Waals surface area contributed by atoms with Crippen LogP contribution in [0.1, 0.15) is 37.6 Å². The maximum atomic E-state index is 12.0.